The summed E-state index contributed by atoms with van der Waals surface area (Å²) in [6.07, 6.45) is 0. The quantitative estimate of drug-likeness (QED) is 0.650. The molecule has 63 valence electrons. The van der Waals surface area contributed by atoms with Gasteiger partial charge in [-0.1, -0.05) is 29.8 Å². The molecule has 0 aliphatic rings. The second-order valence-electron chi connectivity index (χ2n) is 2.27. The van der Waals surface area contributed by atoms with Crippen molar-refractivity contribution in [2.45, 2.75) is 17.8 Å². The van der Waals surface area contributed by atoms with Crippen LogP contribution in [0, 0.1) is 13.0 Å². The van der Waals surface area contributed by atoms with Crippen LogP contribution in [-0.2, 0) is 23.3 Å². The first-order valence-corrected chi connectivity index (χ1v) is 14.5. The molecular formula is C9H15AlClHg. The van der Waals surface area contributed by atoms with Gasteiger partial charge in [-0.05, 0) is 13.0 Å². The Morgan fingerprint density at radius 2 is 1.83 bits per heavy atom. The Bertz CT molecular complexity index is 165. The average molecular weight is 386 g/mol. The fourth-order valence-corrected chi connectivity index (χ4v) is 0.470. The average Bonchev–Trinajstić information content (AvgIpc) is 2.07. The fraction of sp³-hybridized carbons (Fsp3) is 0.333. The van der Waals surface area contributed by atoms with Gasteiger partial charge in [0.15, 0.2) is 17.4 Å². The van der Waals surface area contributed by atoms with E-state index in [4.69, 9.17) is 8.25 Å². The Labute approximate surface area is 102 Å². The summed E-state index contributed by atoms with van der Waals surface area (Å²) in [5.41, 5.74) is 1.29. The molecule has 0 spiro atoms. The van der Waals surface area contributed by atoms with Crippen LogP contribution < -0.4 is 0 Å². The van der Waals surface area contributed by atoms with Crippen molar-refractivity contribution in [3.8, 4) is 0 Å². The van der Waals surface area contributed by atoms with Crippen molar-refractivity contribution in [3.63, 3.8) is 0 Å². The Kier molecular flexibility index (Phi) is 15.4. The van der Waals surface area contributed by atoms with E-state index in [-0.39, 0.29) is 17.4 Å². The molecular weight excluding hydrogens is 371 g/mol. The molecule has 1 radical (unpaired) electrons. The first-order valence-electron chi connectivity index (χ1n) is 3.80. The largest absolute Gasteiger partial charge is 0.187 e. The van der Waals surface area contributed by atoms with Gasteiger partial charge in [-0.25, -0.2) is 0 Å². The van der Waals surface area contributed by atoms with Crippen LogP contribution >= 0.6 is 8.25 Å². The van der Waals surface area contributed by atoms with Gasteiger partial charge in [-0.3, -0.25) is 0 Å². The summed E-state index contributed by atoms with van der Waals surface area (Å²) in [6, 6.07) is 10.8. The summed E-state index contributed by atoms with van der Waals surface area (Å²) >= 11 is -0.640. The van der Waals surface area contributed by atoms with Gasteiger partial charge >= 0.3 is 42.4 Å². The first kappa shape index (κ1) is 15.4. The van der Waals surface area contributed by atoms with E-state index in [9.17, 15) is 0 Å². The van der Waals surface area contributed by atoms with Gasteiger partial charge in [-0.2, -0.15) is 0 Å². The molecule has 1 aromatic rings. The van der Waals surface area contributed by atoms with Crippen molar-refractivity contribution in [1.29, 1.82) is 0 Å². The monoisotopic (exact) mass is 387 g/mol. The van der Waals surface area contributed by atoms with Gasteiger partial charge in [0.1, 0.15) is 0 Å². The van der Waals surface area contributed by atoms with Gasteiger partial charge in [0.25, 0.3) is 0 Å². The summed E-state index contributed by atoms with van der Waals surface area (Å²) in [4.78, 5) is 0. The van der Waals surface area contributed by atoms with Crippen molar-refractivity contribution in [2.75, 3.05) is 0 Å². The molecule has 3 heteroatoms. The zero-order valence-corrected chi connectivity index (χ0v) is 13.4. The molecule has 0 saturated heterocycles. The summed E-state index contributed by atoms with van der Waals surface area (Å²) in [5.74, 6) is 0. The van der Waals surface area contributed by atoms with E-state index >= 15 is 0 Å². The number of halogens is 1. The number of hydrogen-bond acceptors (Lipinski definition) is 0. The molecule has 0 aromatic heterocycles. The SMILES string of the molecule is C[CH2][Hg][Cl].Cc1cc[c]cc1.[AlH3]. The first-order chi connectivity index (χ1) is 5.31. The van der Waals surface area contributed by atoms with Gasteiger partial charge in [0, 0.05) is 0 Å². The van der Waals surface area contributed by atoms with E-state index in [0.29, 0.717) is 0 Å². The number of rotatable bonds is 1. The normalized spacial score (nSPS) is 6.92. The van der Waals surface area contributed by atoms with E-state index in [2.05, 4.69) is 19.9 Å². The van der Waals surface area contributed by atoms with E-state index in [0.717, 1.165) is 0 Å². The molecule has 0 heterocycles. The van der Waals surface area contributed by atoms with Crippen LogP contribution in [0.1, 0.15) is 12.5 Å². The minimum atomic E-state index is -0.640. The van der Waals surface area contributed by atoms with Crippen LogP contribution in [-0.4, -0.2) is 17.4 Å². The second-order valence-corrected chi connectivity index (χ2v) is 10.9. The molecule has 0 unspecified atom stereocenters. The summed E-state index contributed by atoms with van der Waals surface area (Å²) < 4.78 is 1.31. The molecule has 12 heavy (non-hydrogen) atoms. The van der Waals surface area contributed by atoms with Gasteiger partial charge < -0.3 is 0 Å². The van der Waals surface area contributed by atoms with E-state index in [1.54, 1.807) is 0 Å². The molecule has 0 fully saturated rings. The van der Waals surface area contributed by atoms with E-state index < -0.39 is 23.3 Å². The predicted octanol–water partition coefficient (Wildman–Crippen LogP) is 2.27. The molecule has 0 aliphatic carbocycles. The van der Waals surface area contributed by atoms with E-state index in [1.165, 1.54) is 9.49 Å². The standard InChI is InChI=1S/C7H7.C2H5.Al.ClH.Hg.3H/c1-7-5-3-2-4-6-7;1-2;;;;;;/h3-6H,1H3;1H2,2H3;;1H;;;;/q;;;;+1;;;/p-1. The van der Waals surface area contributed by atoms with Crippen LogP contribution in [0.15, 0.2) is 24.3 Å². The van der Waals surface area contributed by atoms with Gasteiger partial charge in [0.05, 0.1) is 0 Å². The van der Waals surface area contributed by atoms with Crippen molar-refractivity contribution in [2.24, 2.45) is 0 Å². The fourth-order valence-electron chi connectivity index (χ4n) is 0.470. The Balaban J connectivity index is 0. The van der Waals surface area contributed by atoms with Crippen molar-refractivity contribution in [1.82, 2.24) is 0 Å². The van der Waals surface area contributed by atoms with Crippen molar-refractivity contribution in [3.05, 3.63) is 35.9 Å². The molecule has 1 aromatic carbocycles. The minimum absolute atomic E-state index is 0. The van der Waals surface area contributed by atoms with Crippen molar-refractivity contribution < 1.29 is 23.3 Å². The topological polar surface area (TPSA) is 0 Å². The van der Waals surface area contributed by atoms with Crippen LogP contribution in [0.25, 0.3) is 0 Å². The molecule has 0 bridgehead atoms. The number of hydrogen-bond donors (Lipinski definition) is 0. The van der Waals surface area contributed by atoms with E-state index in [1.807, 2.05) is 24.3 Å². The van der Waals surface area contributed by atoms with Crippen LogP contribution in [0.3, 0.4) is 0 Å². The Morgan fingerprint density at radius 3 is 2.00 bits per heavy atom. The maximum atomic E-state index is 5.41. The number of aryl methyl sites for hydroxylation is 1. The summed E-state index contributed by atoms with van der Waals surface area (Å²) in [6.45, 7) is 4.21. The second kappa shape index (κ2) is 12.0. The third-order valence-corrected chi connectivity index (χ3v) is 5.86. The molecule has 0 saturated carbocycles. The van der Waals surface area contributed by atoms with Gasteiger partial charge in [0.2, 0.25) is 0 Å². The zero-order chi connectivity index (χ0) is 8.53. The van der Waals surface area contributed by atoms with Crippen LogP contribution in [0.5, 0.6) is 0 Å². The maximum Gasteiger partial charge on any atom is 0.187 e. The molecule has 0 nitrogen and oxygen atoms in total. The molecule has 0 N–H and O–H groups in total. The number of benzene rings is 1. The maximum absolute atomic E-state index is 5.41. The zero-order valence-electron chi connectivity index (χ0n) is 7.10. The summed E-state index contributed by atoms with van der Waals surface area (Å²) in [5, 5.41) is 0. The third kappa shape index (κ3) is 11.0. The van der Waals surface area contributed by atoms with Crippen molar-refractivity contribution >= 4 is 25.6 Å². The van der Waals surface area contributed by atoms with Crippen LogP contribution in [0.4, 0.5) is 0 Å². The smallest absolute Gasteiger partial charge is 0.0587 e. The molecule has 0 atom stereocenters. The molecule has 1 rings (SSSR count). The molecule has 0 aliphatic heterocycles. The van der Waals surface area contributed by atoms with Crippen LogP contribution in [0.2, 0.25) is 3.93 Å². The van der Waals surface area contributed by atoms with Gasteiger partial charge in [-0.15, -0.1) is 0 Å². The molecule has 0 amide bonds. The minimum Gasteiger partial charge on any atom is -0.0587 e. The Morgan fingerprint density at radius 1 is 1.42 bits per heavy atom. The predicted molar refractivity (Wildman–Crippen MR) is 56.3 cm³/mol. The third-order valence-electron chi connectivity index (χ3n) is 1.07. The summed E-state index contributed by atoms with van der Waals surface area (Å²) in [7, 11) is 5.41. The Hall–Kier alpha value is 0.978.